The van der Waals surface area contributed by atoms with E-state index in [0.29, 0.717) is 5.56 Å². The molecule has 1 aliphatic rings. The Kier molecular flexibility index (Phi) is 4.08. The van der Waals surface area contributed by atoms with Crippen molar-refractivity contribution < 1.29 is 9.53 Å². The summed E-state index contributed by atoms with van der Waals surface area (Å²) in [5.74, 6) is 4.93. The summed E-state index contributed by atoms with van der Waals surface area (Å²) in [5.41, 5.74) is 3.81. The fraction of sp³-hybridized carbons (Fsp3) is 0.417. The Balaban J connectivity index is 2.11. The van der Waals surface area contributed by atoms with E-state index in [2.05, 4.69) is 10.3 Å². The number of nitrogen functional groups attached to an aromatic ring is 1. The molecule has 1 heterocycles. The number of nitrogens with one attached hydrogen (secondary N) is 1. The predicted molar refractivity (Wildman–Crippen MR) is 64.2 cm³/mol. The van der Waals surface area contributed by atoms with E-state index in [1.165, 1.54) is 0 Å². The molecule has 0 spiro atoms. The molecule has 0 aromatic heterocycles. The highest BCUT2D eigenvalue weighted by Crippen LogP contribution is 2.12. The minimum absolute atomic E-state index is 0.242. The Bertz CT molecular complexity index is 389. The van der Waals surface area contributed by atoms with Gasteiger partial charge in [0.25, 0.3) is 5.91 Å². The highest BCUT2D eigenvalue weighted by atomic mass is 16.5. The molecular weight excluding hydrogens is 218 g/mol. The molecule has 0 atom stereocenters. The van der Waals surface area contributed by atoms with Gasteiger partial charge in [0.15, 0.2) is 0 Å². The molecule has 92 valence electrons. The van der Waals surface area contributed by atoms with Crippen molar-refractivity contribution >= 4 is 5.91 Å². The Hall–Kier alpha value is -1.43. The first-order valence-corrected chi connectivity index (χ1v) is 5.70. The molecule has 0 aliphatic carbocycles. The predicted octanol–water partition coefficient (Wildman–Crippen LogP) is 0.122. The second kappa shape index (κ2) is 5.77. The van der Waals surface area contributed by atoms with Crippen molar-refractivity contribution in [1.82, 2.24) is 10.3 Å². The lowest BCUT2D eigenvalue weighted by Gasteiger charge is -2.27. The summed E-state index contributed by atoms with van der Waals surface area (Å²) in [5, 5.41) is 0. The minimum atomic E-state index is -0.242. The third kappa shape index (κ3) is 3.03. The third-order valence-corrected chi connectivity index (χ3v) is 2.89. The Morgan fingerprint density at radius 1 is 1.35 bits per heavy atom. The van der Waals surface area contributed by atoms with Crippen molar-refractivity contribution in [3.8, 4) is 0 Å². The number of hydrogen-bond acceptors (Lipinski definition) is 4. The molecule has 0 unspecified atom stereocenters. The molecule has 1 fully saturated rings. The van der Waals surface area contributed by atoms with Crippen LogP contribution in [0, 0.1) is 0 Å². The number of hydrazine groups is 1. The van der Waals surface area contributed by atoms with Gasteiger partial charge in [-0.05, 0) is 11.6 Å². The summed E-state index contributed by atoms with van der Waals surface area (Å²) in [7, 11) is 0. The average Bonchev–Trinajstić information content (AvgIpc) is 2.40. The van der Waals surface area contributed by atoms with Crippen LogP contribution in [0.25, 0.3) is 0 Å². The van der Waals surface area contributed by atoms with Gasteiger partial charge in [0.1, 0.15) is 0 Å². The summed E-state index contributed by atoms with van der Waals surface area (Å²) in [4.78, 5) is 13.9. The van der Waals surface area contributed by atoms with E-state index in [0.717, 1.165) is 38.4 Å². The number of amides is 1. The number of morpholine rings is 1. The highest BCUT2D eigenvalue weighted by Gasteiger charge is 2.15. The van der Waals surface area contributed by atoms with Crippen LogP contribution in [-0.4, -0.2) is 37.1 Å². The van der Waals surface area contributed by atoms with Crippen molar-refractivity contribution in [2.24, 2.45) is 5.84 Å². The number of nitrogens with two attached hydrogens (primary N) is 1. The molecule has 1 saturated heterocycles. The summed E-state index contributed by atoms with van der Waals surface area (Å²) in [6.07, 6.45) is 0. The van der Waals surface area contributed by atoms with Gasteiger partial charge in [0.2, 0.25) is 0 Å². The lowest BCUT2D eigenvalue weighted by atomic mass is 10.1. The monoisotopic (exact) mass is 235 g/mol. The van der Waals surface area contributed by atoms with Crippen LogP contribution < -0.4 is 11.3 Å². The molecule has 1 amide bonds. The molecule has 2 rings (SSSR count). The van der Waals surface area contributed by atoms with E-state index in [1.54, 1.807) is 6.07 Å². The van der Waals surface area contributed by atoms with Crippen LogP contribution in [0.4, 0.5) is 0 Å². The van der Waals surface area contributed by atoms with Crippen LogP contribution in [0.15, 0.2) is 24.3 Å². The van der Waals surface area contributed by atoms with Crippen LogP contribution in [0.5, 0.6) is 0 Å². The molecule has 17 heavy (non-hydrogen) atoms. The zero-order chi connectivity index (χ0) is 12.1. The van der Waals surface area contributed by atoms with Gasteiger partial charge in [-0.1, -0.05) is 18.2 Å². The zero-order valence-corrected chi connectivity index (χ0v) is 9.69. The molecule has 5 heteroatoms. The van der Waals surface area contributed by atoms with Gasteiger partial charge >= 0.3 is 0 Å². The van der Waals surface area contributed by atoms with Gasteiger partial charge in [-0.3, -0.25) is 15.1 Å². The molecule has 0 saturated carbocycles. The first-order chi connectivity index (χ1) is 8.31. The number of hydrogen-bond donors (Lipinski definition) is 2. The van der Waals surface area contributed by atoms with E-state index in [4.69, 9.17) is 10.6 Å². The summed E-state index contributed by atoms with van der Waals surface area (Å²) < 4.78 is 5.30. The van der Waals surface area contributed by atoms with Gasteiger partial charge in [-0.2, -0.15) is 0 Å². The van der Waals surface area contributed by atoms with Crippen molar-refractivity contribution in [3.63, 3.8) is 0 Å². The van der Waals surface area contributed by atoms with Crippen LogP contribution in [0.2, 0.25) is 0 Å². The fourth-order valence-electron chi connectivity index (χ4n) is 1.96. The van der Waals surface area contributed by atoms with E-state index >= 15 is 0 Å². The quantitative estimate of drug-likeness (QED) is 0.444. The summed E-state index contributed by atoms with van der Waals surface area (Å²) >= 11 is 0. The van der Waals surface area contributed by atoms with Gasteiger partial charge in [-0.25, -0.2) is 5.84 Å². The smallest absolute Gasteiger partial charge is 0.265 e. The molecule has 1 aliphatic heterocycles. The SMILES string of the molecule is NNC(=O)c1ccccc1CN1CCOCC1. The second-order valence-electron chi connectivity index (χ2n) is 4.02. The number of nitrogens with zero attached hydrogens (tertiary/aromatic N) is 1. The van der Waals surface area contributed by atoms with Crippen molar-refractivity contribution in [2.75, 3.05) is 26.3 Å². The largest absolute Gasteiger partial charge is 0.379 e. The number of rotatable bonds is 3. The van der Waals surface area contributed by atoms with Gasteiger partial charge in [0, 0.05) is 25.2 Å². The topological polar surface area (TPSA) is 67.6 Å². The Morgan fingerprint density at radius 3 is 2.76 bits per heavy atom. The fourth-order valence-corrected chi connectivity index (χ4v) is 1.96. The van der Waals surface area contributed by atoms with E-state index in [-0.39, 0.29) is 5.91 Å². The minimum Gasteiger partial charge on any atom is -0.379 e. The van der Waals surface area contributed by atoms with E-state index < -0.39 is 0 Å². The van der Waals surface area contributed by atoms with Crippen LogP contribution >= 0.6 is 0 Å². The molecule has 5 nitrogen and oxygen atoms in total. The van der Waals surface area contributed by atoms with Crippen LogP contribution in [0.3, 0.4) is 0 Å². The molecule has 0 bridgehead atoms. The lowest BCUT2D eigenvalue weighted by molar-refractivity contribution is 0.0341. The van der Waals surface area contributed by atoms with Crippen molar-refractivity contribution in [3.05, 3.63) is 35.4 Å². The maximum absolute atomic E-state index is 11.6. The van der Waals surface area contributed by atoms with Crippen molar-refractivity contribution in [2.45, 2.75) is 6.54 Å². The zero-order valence-electron chi connectivity index (χ0n) is 9.69. The lowest BCUT2D eigenvalue weighted by Crippen LogP contribution is -2.37. The third-order valence-electron chi connectivity index (χ3n) is 2.89. The van der Waals surface area contributed by atoms with Crippen LogP contribution in [0.1, 0.15) is 15.9 Å². The summed E-state index contributed by atoms with van der Waals surface area (Å²) in [6.45, 7) is 4.07. The normalized spacial score (nSPS) is 16.8. The number of ether oxygens (including phenoxy) is 1. The van der Waals surface area contributed by atoms with Gasteiger partial charge in [-0.15, -0.1) is 0 Å². The Labute approximate surface area is 101 Å². The van der Waals surface area contributed by atoms with E-state index in [1.807, 2.05) is 18.2 Å². The van der Waals surface area contributed by atoms with Gasteiger partial charge < -0.3 is 4.74 Å². The standard InChI is InChI=1S/C12H17N3O2/c13-14-12(16)11-4-2-1-3-10(11)9-15-5-7-17-8-6-15/h1-4H,5-9,13H2,(H,14,16). The first kappa shape index (κ1) is 12.0. The number of carbonyl (C=O) groups is 1. The molecular formula is C12H17N3O2. The summed E-state index contributed by atoms with van der Waals surface area (Å²) in [6, 6.07) is 7.52. The molecule has 1 aromatic carbocycles. The van der Waals surface area contributed by atoms with E-state index in [9.17, 15) is 4.79 Å². The van der Waals surface area contributed by atoms with Crippen LogP contribution in [-0.2, 0) is 11.3 Å². The van der Waals surface area contributed by atoms with Crippen molar-refractivity contribution in [1.29, 1.82) is 0 Å². The van der Waals surface area contributed by atoms with Gasteiger partial charge in [0.05, 0.1) is 13.2 Å². The molecule has 0 radical (unpaired) electrons. The molecule has 3 N–H and O–H groups in total. The maximum atomic E-state index is 11.6. The number of benzene rings is 1. The average molecular weight is 235 g/mol. The molecule has 1 aromatic rings. The number of carbonyl (C=O) groups excluding carboxylic acids is 1. The Morgan fingerprint density at radius 2 is 2.06 bits per heavy atom. The highest BCUT2D eigenvalue weighted by molar-refractivity contribution is 5.95. The first-order valence-electron chi connectivity index (χ1n) is 5.70. The second-order valence-corrected chi connectivity index (χ2v) is 4.02. The maximum Gasteiger partial charge on any atom is 0.265 e.